The molecule has 1 aromatic rings. The van der Waals surface area contributed by atoms with E-state index in [4.69, 9.17) is 0 Å². The van der Waals surface area contributed by atoms with Crippen molar-refractivity contribution >= 4 is 27.6 Å². The molecule has 1 heterocycles. The maximum Gasteiger partial charge on any atom is 0.148 e. The summed E-state index contributed by atoms with van der Waals surface area (Å²) in [5, 5.41) is 3.32. The lowest BCUT2D eigenvalue weighted by Gasteiger charge is -2.26. The van der Waals surface area contributed by atoms with Crippen molar-refractivity contribution < 1.29 is 0 Å². The molecule has 1 aliphatic rings. The van der Waals surface area contributed by atoms with Gasteiger partial charge in [0.2, 0.25) is 0 Å². The van der Waals surface area contributed by atoms with Gasteiger partial charge in [0.1, 0.15) is 22.4 Å². The van der Waals surface area contributed by atoms with Crippen molar-refractivity contribution in [3.8, 4) is 0 Å². The molecule has 0 atom stereocenters. The van der Waals surface area contributed by atoms with Gasteiger partial charge >= 0.3 is 0 Å². The predicted molar refractivity (Wildman–Crippen MR) is 79.2 cm³/mol. The lowest BCUT2D eigenvalue weighted by Crippen LogP contribution is -2.30. The molecule has 0 spiro atoms. The van der Waals surface area contributed by atoms with E-state index in [2.05, 4.69) is 50.1 Å². The average Bonchev–Trinajstić information content (AvgIpc) is 2.91. The number of hydrogen-bond donors (Lipinski definition) is 1. The highest BCUT2D eigenvalue weighted by molar-refractivity contribution is 9.10. The fraction of sp³-hybridized carbons (Fsp3) is 0.692. The largest absolute Gasteiger partial charge is 0.369 e. The molecule has 0 aliphatic heterocycles. The number of halogens is 1. The van der Waals surface area contributed by atoms with Crippen molar-refractivity contribution in [2.75, 3.05) is 23.8 Å². The Labute approximate surface area is 117 Å². The van der Waals surface area contributed by atoms with Gasteiger partial charge in [0.25, 0.3) is 0 Å². The van der Waals surface area contributed by atoms with Gasteiger partial charge in [-0.25, -0.2) is 9.97 Å². The molecule has 1 aliphatic carbocycles. The molecule has 2 rings (SSSR count). The minimum atomic E-state index is 0.621. The lowest BCUT2D eigenvalue weighted by molar-refractivity contribution is 0.644. The molecule has 18 heavy (non-hydrogen) atoms. The van der Waals surface area contributed by atoms with Crippen LogP contribution in [0.15, 0.2) is 10.8 Å². The Hall–Kier alpha value is -0.840. The summed E-state index contributed by atoms with van der Waals surface area (Å²) in [6, 6.07) is 0.621. The number of rotatable bonds is 5. The zero-order chi connectivity index (χ0) is 13.0. The molecule has 1 saturated carbocycles. The van der Waals surface area contributed by atoms with Crippen LogP contribution in [0.4, 0.5) is 11.6 Å². The van der Waals surface area contributed by atoms with Gasteiger partial charge < -0.3 is 10.2 Å². The monoisotopic (exact) mass is 312 g/mol. The summed E-state index contributed by atoms with van der Waals surface area (Å²) in [7, 11) is 2.13. The van der Waals surface area contributed by atoms with Gasteiger partial charge in [-0.05, 0) is 35.2 Å². The van der Waals surface area contributed by atoms with Gasteiger partial charge in [0.15, 0.2) is 0 Å². The van der Waals surface area contributed by atoms with Crippen LogP contribution in [0, 0.1) is 0 Å². The van der Waals surface area contributed by atoms with Gasteiger partial charge in [0.05, 0.1) is 0 Å². The van der Waals surface area contributed by atoms with Crippen molar-refractivity contribution in [2.24, 2.45) is 0 Å². The minimum Gasteiger partial charge on any atom is -0.369 e. The van der Waals surface area contributed by atoms with Gasteiger partial charge in [0, 0.05) is 19.6 Å². The Bertz CT molecular complexity index is 391. The summed E-state index contributed by atoms with van der Waals surface area (Å²) in [6.07, 6.45) is 7.93. The maximum absolute atomic E-state index is 4.42. The molecule has 0 saturated heterocycles. The van der Waals surface area contributed by atoms with E-state index in [1.54, 1.807) is 6.33 Å². The Balaban J connectivity index is 2.16. The van der Waals surface area contributed by atoms with Crippen LogP contribution in [0.1, 0.15) is 39.0 Å². The van der Waals surface area contributed by atoms with Crippen molar-refractivity contribution in [1.29, 1.82) is 0 Å². The molecule has 0 radical (unpaired) electrons. The molecular formula is C13H21BrN4. The SMILES string of the molecule is CCCNc1ncnc(N(C)C2CCCC2)c1Br. The van der Waals surface area contributed by atoms with Crippen LogP contribution in [0.3, 0.4) is 0 Å². The van der Waals surface area contributed by atoms with Gasteiger partial charge in [-0.3, -0.25) is 0 Å². The Kier molecular flexibility index (Phi) is 4.80. The summed E-state index contributed by atoms with van der Waals surface area (Å²) < 4.78 is 0.979. The van der Waals surface area contributed by atoms with Gasteiger partial charge in [-0.1, -0.05) is 19.8 Å². The first-order valence-electron chi connectivity index (χ1n) is 6.71. The maximum atomic E-state index is 4.42. The molecular weight excluding hydrogens is 292 g/mol. The van der Waals surface area contributed by atoms with E-state index in [1.165, 1.54) is 25.7 Å². The molecule has 100 valence electrons. The van der Waals surface area contributed by atoms with Crippen molar-refractivity contribution in [3.05, 3.63) is 10.8 Å². The summed E-state index contributed by atoms with van der Waals surface area (Å²) in [5.41, 5.74) is 0. The number of nitrogens with one attached hydrogen (secondary N) is 1. The van der Waals surface area contributed by atoms with E-state index in [1.807, 2.05) is 0 Å². The second-order valence-electron chi connectivity index (χ2n) is 4.84. The van der Waals surface area contributed by atoms with Crippen LogP contribution >= 0.6 is 15.9 Å². The second kappa shape index (κ2) is 6.36. The van der Waals surface area contributed by atoms with Crippen LogP contribution in [0.2, 0.25) is 0 Å². The zero-order valence-electron chi connectivity index (χ0n) is 11.1. The molecule has 0 unspecified atom stereocenters. The van der Waals surface area contributed by atoms with Crippen LogP contribution in [-0.4, -0.2) is 29.6 Å². The third-order valence-electron chi connectivity index (χ3n) is 3.52. The highest BCUT2D eigenvalue weighted by Crippen LogP contribution is 2.33. The average molecular weight is 313 g/mol. The van der Waals surface area contributed by atoms with Gasteiger partial charge in [-0.15, -0.1) is 0 Å². The summed E-state index contributed by atoms with van der Waals surface area (Å²) in [6.45, 7) is 3.08. The predicted octanol–water partition coefficient (Wildman–Crippen LogP) is 3.44. The molecule has 0 bridgehead atoms. The standard InChI is InChI=1S/C13H21BrN4/c1-3-8-15-12-11(14)13(17-9-16-12)18(2)10-6-4-5-7-10/h9-10H,3-8H2,1-2H3,(H,15,16,17). The first-order valence-corrected chi connectivity index (χ1v) is 7.50. The Morgan fingerprint density at radius 2 is 2.11 bits per heavy atom. The zero-order valence-corrected chi connectivity index (χ0v) is 12.7. The molecule has 1 N–H and O–H groups in total. The molecule has 1 aromatic heterocycles. The number of hydrogen-bond acceptors (Lipinski definition) is 4. The van der Waals surface area contributed by atoms with E-state index >= 15 is 0 Å². The smallest absolute Gasteiger partial charge is 0.148 e. The van der Waals surface area contributed by atoms with Crippen molar-refractivity contribution in [2.45, 2.75) is 45.1 Å². The van der Waals surface area contributed by atoms with E-state index in [9.17, 15) is 0 Å². The Morgan fingerprint density at radius 3 is 2.78 bits per heavy atom. The van der Waals surface area contributed by atoms with E-state index in [0.29, 0.717) is 6.04 Å². The highest BCUT2D eigenvalue weighted by Gasteiger charge is 2.23. The van der Waals surface area contributed by atoms with Crippen LogP contribution in [0.25, 0.3) is 0 Å². The van der Waals surface area contributed by atoms with Gasteiger partial charge in [-0.2, -0.15) is 0 Å². The molecule has 1 fully saturated rings. The fourth-order valence-electron chi connectivity index (χ4n) is 2.44. The Morgan fingerprint density at radius 1 is 1.39 bits per heavy atom. The number of nitrogens with zero attached hydrogens (tertiary/aromatic N) is 3. The normalized spacial score (nSPS) is 15.9. The second-order valence-corrected chi connectivity index (χ2v) is 5.63. The summed E-state index contributed by atoms with van der Waals surface area (Å²) in [5.74, 6) is 1.89. The first kappa shape index (κ1) is 13.6. The van der Waals surface area contributed by atoms with Crippen LogP contribution in [-0.2, 0) is 0 Å². The van der Waals surface area contributed by atoms with Crippen LogP contribution in [0.5, 0.6) is 0 Å². The fourth-order valence-corrected chi connectivity index (χ4v) is 3.06. The van der Waals surface area contributed by atoms with E-state index < -0.39 is 0 Å². The lowest BCUT2D eigenvalue weighted by atomic mass is 10.2. The van der Waals surface area contributed by atoms with Crippen molar-refractivity contribution in [3.63, 3.8) is 0 Å². The number of anilines is 2. The molecule has 0 amide bonds. The summed E-state index contributed by atoms with van der Waals surface area (Å²) >= 11 is 3.63. The third kappa shape index (κ3) is 2.94. The molecule has 4 nitrogen and oxygen atoms in total. The first-order chi connectivity index (χ1) is 8.74. The summed E-state index contributed by atoms with van der Waals surface area (Å²) in [4.78, 5) is 11.0. The third-order valence-corrected chi connectivity index (χ3v) is 4.25. The van der Waals surface area contributed by atoms with Crippen molar-refractivity contribution in [1.82, 2.24) is 9.97 Å². The van der Waals surface area contributed by atoms with E-state index in [0.717, 1.165) is 29.1 Å². The molecule has 0 aromatic carbocycles. The minimum absolute atomic E-state index is 0.621. The highest BCUT2D eigenvalue weighted by atomic mass is 79.9. The molecule has 5 heteroatoms. The number of aromatic nitrogens is 2. The van der Waals surface area contributed by atoms with E-state index in [-0.39, 0.29) is 0 Å². The van der Waals surface area contributed by atoms with Crippen LogP contribution < -0.4 is 10.2 Å². The topological polar surface area (TPSA) is 41.1 Å². The quantitative estimate of drug-likeness (QED) is 0.904.